The van der Waals surface area contributed by atoms with Crippen LogP contribution in [0.4, 0.5) is 0 Å². The molecule has 1 rings (SSSR count). The van der Waals surface area contributed by atoms with Crippen molar-refractivity contribution in [2.45, 2.75) is 39.2 Å². The van der Waals surface area contributed by atoms with Gasteiger partial charge in [0.15, 0.2) is 0 Å². The van der Waals surface area contributed by atoms with Crippen LogP contribution < -0.4 is 0 Å². The van der Waals surface area contributed by atoms with Gasteiger partial charge in [-0.3, -0.25) is 0 Å². The predicted octanol–water partition coefficient (Wildman–Crippen LogP) is 2.82. The Hall–Kier alpha value is 0.250. The first kappa shape index (κ1) is 9.34. The van der Waals surface area contributed by atoms with Crippen molar-refractivity contribution in [3.63, 3.8) is 0 Å². The smallest absolute Gasteiger partial charge is 0.0810 e. The summed E-state index contributed by atoms with van der Waals surface area (Å²) in [7, 11) is 0. The van der Waals surface area contributed by atoms with E-state index >= 15 is 0 Å². The third kappa shape index (κ3) is 3.00. The third-order valence-electron chi connectivity index (χ3n) is 2.65. The van der Waals surface area contributed by atoms with Crippen LogP contribution in [0.15, 0.2) is 0 Å². The molecule has 1 aliphatic heterocycles. The zero-order chi connectivity index (χ0) is 8.32. The molecule has 0 spiro atoms. The molecule has 0 aromatic carbocycles. The summed E-state index contributed by atoms with van der Waals surface area (Å²) < 4.78 is 5.15. The maximum atomic E-state index is 5.87. The number of alkyl halides is 1. The molecule has 2 heteroatoms. The summed E-state index contributed by atoms with van der Waals surface area (Å²) in [6.45, 7) is 5.43. The monoisotopic (exact) mass is 176 g/mol. The first-order valence-corrected chi connectivity index (χ1v) is 4.91. The second kappa shape index (κ2) is 3.77. The summed E-state index contributed by atoms with van der Waals surface area (Å²) >= 11 is 5.87. The van der Waals surface area contributed by atoms with Crippen LogP contribution >= 0.6 is 11.6 Å². The van der Waals surface area contributed by atoms with Crippen molar-refractivity contribution in [2.75, 3.05) is 12.5 Å². The molecule has 0 aromatic rings. The summed E-state index contributed by atoms with van der Waals surface area (Å²) in [5, 5.41) is 0. The highest BCUT2D eigenvalue weighted by Gasteiger charge is 2.27. The summed E-state index contributed by atoms with van der Waals surface area (Å²) in [6, 6.07) is 0. The molecule has 2 atom stereocenters. The minimum atomic E-state index is 0.341. The molecule has 1 heterocycles. The van der Waals surface area contributed by atoms with Crippen LogP contribution in [0.1, 0.15) is 33.1 Å². The van der Waals surface area contributed by atoms with E-state index in [1.165, 1.54) is 19.3 Å². The SMILES string of the molecule is CCC(C)(CCl)CCC1CO1. The molecule has 1 nitrogen and oxygen atoms in total. The van der Waals surface area contributed by atoms with Crippen LogP contribution in [-0.2, 0) is 4.74 Å². The lowest BCUT2D eigenvalue weighted by molar-refractivity contribution is 0.291. The van der Waals surface area contributed by atoms with Crippen molar-refractivity contribution in [1.82, 2.24) is 0 Å². The van der Waals surface area contributed by atoms with Crippen molar-refractivity contribution in [1.29, 1.82) is 0 Å². The number of rotatable bonds is 5. The Morgan fingerprint density at radius 3 is 2.64 bits per heavy atom. The second-order valence-electron chi connectivity index (χ2n) is 3.79. The van der Waals surface area contributed by atoms with Gasteiger partial charge in [0.05, 0.1) is 12.7 Å². The molecule has 0 radical (unpaired) electrons. The van der Waals surface area contributed by atoms with Gasteiger partial charge in [0.1, 0.15) is 0 Å². The van der Waals surface area contributed by atoms with Crippen molar-refractivity contribution in [2.24, 2.45) is 5.41 Å². The molecular weight excluding hydrogens is 160 g/mol. The Balaban J connectivity index is 2.18. The topological polar surface area (TPSA) is 12.5 Å². The van der Waals surface area contributed by atoms with Crippen molar-refractivity contribution in [3.8, 4) is 0 Å². The van der Waals surface area contributed by atoms with Gasteiger partial charge < -0.3 is 4.74 Å². The molecule has 0 saturated carbocycles. The predicted molar refractivity (Wildman–Crippen MR) is 48.1 cm³/mol. The van der Waals surface area contributed by atoms with Crippen molar-refractivity contribution >= 4 is 11.6 Å². The van der Waals surface area contributed by atoms with Crippen LogP contribution in [0.25, 0.3) is 0 Å². The zero-order valence-corrected chi connectivity index (χ0v) is 8.16. The van der Waals surface area contributed by atoms with Crippen LogP contribution in [0.5, 0.6) is 0 Å². The van der Waals surface area contributed by atoms with Gasteiger partial charge in [0.2, 0.25) is 0 Å². The van der Waals surface area contributed by atoms with E-state index in [-0.39, 0.29) is 0 Å². The van der Waals surface area contributed by atoms with Crippen LogP contribution in [0.2, 0.25) is 0 Å². The van der Waals surface area contributed by atoms with E-state index in [4.69, 9.17) is 16.3 Å². The average molecular weight is 177 g/mol. The first-order chi connectivity index (χ1) is 5.20. The van der Waals surface area contributed by atoms with Crippen molar-refractivity contribution < 1.29 is 4.74 Å². The number of hydrogen-bond acceptors (Lipinski definition) is 1. The normalized spacial score (nSPS) is 28.1. The van der Waals surface area contributed by atoms with Gasteiger partial charge in [0, 0.05) is 5.88 Å². The summed E-state index contributed by atoms with van der Waals surface area (Å²) in [5.41, 5.74) is 0.341. The van der Waals surface area contributed by atoms with E-state index in [9.17, 15) is 0 Å². The molecule has 0 N–H and O–H groups in total. The quantitative estimate of drug-likeness (QED) is 0.464. The van der Waals surface area contributed by atoms with E-state index in [1.54, 1.807) is 0 Å². The summed E-state index contributed by atoms with van der Waals surface area (Å²) in [5.74, 6) is 0.774. The Labute approximate surface area is 74.1 Å². The molecule has 1 fully saturated rings. The molecular formula is C9H17ClO. The number of hydrogen-bond donors (Lipinski definition) is 0. The molecule has 1 saturated heterocycles. The van der Waals surface area contributed by atoms with Crippen LogP contribution in [-0.4, -0.2) is 18.6 Å². The van der Waals surface area contributed by atoms with Crippen LogP contribution in [0.3, 0.4) is 0 Å². The number of ether oxygens (including phenoxy) is 1. The van der Waals surface area contributed by atoms with E-state index in [2.05, 4.69) is 13.8 Å². The molecule has 66 valence electrons. The maximum Gasteiger partial charge on any atom is 0.0810 e. The Morgan fingerprint density at radius 2 is 2.27 bits per heavy atom. The van der Waals surface area contributed by atoms with Gasteiger partial charge in [-0.2, -0.15) is 0 Å². The van der Waals surface area contributed by atoms with E-state index in [1.807, 2.05) is 0 Å². The highest BCUT2D eigenvalue weighted by atomic mass is 35.5. The zero-order valence-electron chi connectivity index (χ0n) is 7.40. The minimum Gasteiger partial charge on any atom is -0.373 e. The highest BCUT2D eigenvalue weighted by molar-refractivity contribution is 6.18. The van der Waals surface area contributed by atoms with Gasteiger partial charge in [-0.25, -0.2) is 0 Å². The fourth-order valence-corrected chi connectivity index (χ4v) is 1.40. The maximum absolute atomic E-state index is 5.87. The van der Waals surface area contributed by atoms with Gasteiger partial charge in [-0.1, -0.05) is 13.8 Å². The average Bonchev–Trinajstić information content (AvgIpc) is 2.83. The molecule has 1 aliphatic rings. The van der Waals surface area contributed by atoms with E-state index < -0.39 is 0 Å². The summed E-state index contributed by atoms with van der Waals surface area (Å²) in [4.78, 5) is 0. The lowest BCUT2D eigenvalue weighted by Gasteiger charge is -2.24. The van der Waals surface area contributed by atoms with Gasteiger partial charge in [-0.05, 0) is 24.7 Å². The Bertz CT molecular complexity index is 117. The van der Waals surface area contributed by atoms with Gasteiger partial charge in [-0.15, -0.1) is 11.6 Å². The summed E-state index contributed by atoms with van der Waals surface area (Å²) in [6.07, 6.45) is 4.13. The largest absolute Gasteiger partial charge is 0.373 e. The van der Waals surface area contributed by atoms with E-state index in [0.717, 1.165) is 12.5 Å². The molecule has 0 aliphatic carbocycles. The molecule has 0 aromatic heterocycles. The standard InChI is InChI=1S/C9H17ClO/c1-3-9(2,7-10)5-4-8-6-11-8/h8H,3-7H2,1-2H3. The fraction of sp³-hybridized carbons (Fsp3) is 1.00. The van der Waals surface area contributed by atoms with Crippen LogP contribution in [0, 0.1) is 5.41 Å². The van der Waals surface area contributed by atoms with Gasteiger partial charge >= 0.3 is 0 Å². The number of halogens is 1. The number of epoxide rings is 1. The Morgan fingerprint density at radius 1 is 1.64 bits per heavy atom. The third-order valence-corrected chi connectivity index (χ3v) is 3.29. The van der Waals surface area contributed by atoms with Crippen molar-refractivity contribution in [3.05, 3.63) is 0 Å². The van der Waals surface area contributed by atoms with E-state index in [0.29, 0.717) is 11.5 Å². The first-order valence-electron chi connectivity index (χ1n) is 4.38. The Kier molecular flexibility index (Phi) is 3.20. The minimum absolute atomic E-state index is 0.341. The lowest BCUT2D eigenvalue weighted by Crippen LogP contribution is -2.17. The molecule has 11 heavy (non-hydrogen) atoms. The van der Waals surface area contributed by atoms with Gasteiger partial charge in [0.25, 0.3) is 0 Å². The second-order valence-corrected chi connectivity index (χ2v) is 4.06. The lowest BCUT2D eigenvalue weighted by atomic mass is 9.84. The highest BCUT2D eigenvalue weighted by Crippen LogP contribution is 2.31. The molecule has 0 amide bonds. The fourth-order valence-electron chi connectivity index (χ4n) is 1.08. The molecule has 2 unspecified atom stereocenters. The molecule has 0 bridgehead atoms.